The van der Waals surface area contributed by atoms with E-state index in [9.17, 15) is 14.4 Å². The highest BCUT2D eigenvalue weighted by molar-refractivity contribution is 6.24. The molecule has 0 spiro atoms. The summed E-state index contributed by atoms with van der Waals surface area (Å²) in [6.07, 6.45) is 0. The van der Waals surface area contributed by atoms with Gasteiger partial charge in [-0.25, -0.2) is 4.90 Å². The standard InChI is InChI=1S/C26H19NO5/c1-31-20-13-7-6-12-19(20)27-24(29)22-21-15-8-2-4-10-17(15)26(32-14-28,23(22)25(27)30)18-11-5-3-9-16(18)21/h2-14,21-23H,1H3/t21?,22-,23+,26?/m1/s1. The number of benzene rings is 3. The maximum Gasteiger partial charge on any atom is 0.294 e. The number of anilines is 1. The van der Waals surface area contributed by atoms with E-state index in [1.165, 1.54) is 12.0 Å². The minimum absolute atomic E-state index is 0.305. The van der Waals surface area contributed by atoms with E-state index in [0.29, 0.717) is 17.9 Å². The van der Waals surface area contributed by atoms with Gasteiger partial charge in [-0.3, -0.25) is 14.4 Å². The third-order valence-corrected chi connectivity index (χ3v) is 7.10. The topological polar surface area (TPSA) is 72.9 Å². The number of hydrogen-bond acceptors (Lipinski definition) is 5. The van der Waals surface area contributed by atoms with Gasteiger partial charge in [0, 0.05) is 17.0 Å². The molecule has 1 heterocycles. The molecule has 6 heteroatoms. The molecule has 0 N–H and O–H groups in total. The van der Waals surface area contributed by atoms with Gasteiger partial charge in [-0.2, -0.15) is 0 Å². The molecule has 3 aromatic rings. The van der Waals surface area contributed by atoms with Gasteiger partial charge >= 0.3 is 0 Å². The monoisotopic (exact) mass is 425 g/mol. The summed E-state index contributed by atoms with van der Waals surface area (Å²) in [4.78, 5) is 40.9. The molecule has 0 radical (unpaired) electrons. The van der Waals surface area contributed by atoms with Crippen LogP contribution in [0.1, 0.15) is 28.2 Å². The number of carbonyl (C=O) groups excluding carboxylic acids is 3. The lowest BCUT2D eigenvalue weighted by Gasteiger charge is -2.52. The van der Waals surface area contributed by atoms with Gasteiger partial charge in [0.15, 0.2) is 5.60 Å². The number of methoxy groups -OCH3 is 1. The van der Waals surface area contributed by atoms with Crippen LogP contribution in [0.4, 0.5) is 5.69 Å². The van der Waals surface area contributed by atoms with Crippen LogP contribution in [0.15, 0.2) is 72.8 Å². The van der Waals surface area contributed by atoms with Crippen LogP contribution in [-0.2, 0) is 24.7 Å². The Kier molecular flexibility index (Phi) is 3.84. The van der Waals surface area contributed by atoms with Crippen molar-refractivity contribution in [2.24, 2.45) is 11.8 Å². The maximum atomic E-state index is 14.0. The van der Waals surface area contributed by atoms with E-state index in [-0.39, 0.29) is 17.7 Å². The first-order chi connectivity index (χ1) is 15.6. The Bertz CT molecular complexity index is 1250. The van der Waals surface area contributed by atoms with Crippen LogP contribution in [0, 0.1) is 11.8 Å². The van der Waals surface area contributed by atoms with Gasteiger partial charge in [0.1, 0.15) is 5.75 Å². The molecule has 7 rings (SSSR count). The minimum Gasteiger partial charge on any atom is -0.495 e. The Balaban J connectivity index is 1.65. The molecule has 0 saturated carbocycles. The number of nitrogens with zero attached hydrogens (tertiary/aromatic N) is 1. The van der Waals surface area contributed by atoms with E-state index < -0.39 is 17.4 Å². The lowest BCUT2D eigenvalue weighted by Crippen LogP contribution is -2.55. The number of amides is 2. The zero-order valence-corrected chi connectivity index (χ0v) is 17.2. The Labute approximate surface area is 184 Å². The minimum atomic E-state index is -1.36. The van der Waals surface area contributed by atoms with Crippen LogP contribution in [-0.4, -0.2) is 25.4 Å². The van der Waals surface area contributed by atoms with Crippen molar-refractivity contribution in [1.29, 1.82) is 0 Å². The first-order valence-corrected chi connectivity index (χ1v) is 10.5. The van der Waals surface area contributed by atoms with Crippen molar-refractivity contribution in [2.75, 3.05) is 12.0 Å². The highest BCUT2D eigenvalue weighted by Gasteiger charge is 2.70. The average molecular weight is 425 g/mol. The summed E-state index contributed by atoms with van der Waals surface area (Å²) in [5, 5.41) is 0. The lowest BCUT2D eigenvalue weighted by molar-refractivity contribution is -0.156. The second kappa shape index (κ2) is 6.53. The Morgan fingerprint density at radius 2 is 1.44 bits per heavy atom. The first-order valence-electron chi connectivity index (χ1n) is 10.5. The van der Waals surface area contributed by atoms with Gasteiger partial charge in [-0.1, -0.05) is 60.7 Å². The smallest absolute Gasteiger partial charge is 0.294 e. The third-order valence-electron chi connectivity index (χ3n) is 7.10. The van der Waals surface area contributed by atoms with Crippen LogP contribution in [0.25, 0.3) is 0 Å². The number of ether oxygens (including phenoxy) is 2. The summed E-state index contributed by atoms with van der Waals surface area (Å²) >= 11 is 0. The first kappa shape index (κ1) is 18.8. The summed E-state index contributed by atoms with van der Waals surface area (Å²) in [6.45, 7) is 0.389. The zero-order chi connectivity index (χ0) is 22.0. The van der Waals surface area contributed by atoms with E-state index in [0.717, 1.165) is 22.3 Å². The highest BCUT2D eigenvalue weighted by atomic mass is 16.5. The Morgan fingerprint density at radius 3 is 2.06 bits per heavy atom. The largest absolute Gasteiger partial charge is 0.495 e. The molecule has 158 valence electrons. The molecule has 0 aromatic heterocycles. The molecule has 1 aliphatic heterocycles. The van der Waals surface area contributed by atoms with Crippen molar-refractivity contribution >= 4 is 24.0 Å². The zero-order valence-electron chi connectivity index (χ0n) is 17.2. The number of para-hydroxylation sites is 2. The van der Waals surface area contributed by atoms with Crippen molar-refractivity contribution in [1.82, 2.24) is 0 Å². The van der Waals surface area contributed by atoms with Crippen molar-refractivity contribution in [3.05, 3.63) is 95.1 Å². The van der Waals surface area contributed by atoms with Gasteiger partial charge in [0.25, 0.3) is 6.47 Å². The molecule has 2 bridgehead atoms. The van der Waals surface area contributed by atoms with Crippen molar-refractivity contribution in [3.8, 4) is 5.75 Å². The quantitative estimate of drug-likeness (QED) is 0.473. The van der Waals surface area contributed by atoms with Crippen LogP contribution in [0.3, 0.4) is 0 Å². The molecular formula is C26H19NO5. The molecule has 32 heavy (non-hydrogen) atoms. The number of rotatable bonds is 4. The Morgan fingerprint density at radius 1 is 0.844 bits per heavy atom. The fourth-order valence-electron chi connectivity index (χ4n) is 6.03. The van der Waals surface area contributed by atoms with Gasteiger partial charge in [0.2, 0.25) is 11.8 Å². The summed E-state index contributed by atoms with van der Waals surface area (Å²) in [6, 6.07) is 22.2. The van der Waals surface area contributed by atoms with Gasteiger partial charge in [-0.15, -0.1) is 0 Å². The molecule has 3 aromatic carbocycles. The van der Waals surface area contributed by atoms with Gasteiger partial charge in [0.05, 0.1) is 24.6 Å². The number of carbonyl (C=O) groups is 3. The summed E-state index contributed by atoms with van der Waals surface area (Å²) in [7, 11) is 1.50. The summed E-state index contributed by atoms with van der Waals surface area (Å²) in [5.41, 5.74) is 2.39. The van der Waals surface area contributed by atoms with Crippen LogP contribution < -0.4 is 9.64 Å². The number of hydrogen-bond donors (Lipinski definition) is 0. The molecule has 1 saturated heterocycles. The third kappa shape index (κ3) is 2.07. The second-order valence-electron chi connectivity index (χ2n) is 8.29. The molecule has 2 amide bonds. The van der Waals surface area contributed by atoms with Crippen molar-refractivity contribution in [2.45, 2.75) is 11.5 Å². The van der Waals surface area contributed by atoms with Crippen LogP contribution in [0.5, 0.6) is 5.75 Å². The van der Waals surface area contributed by atoms with E-state index in [2.05, 4.69) is 0 Å². The normalized spacial score (nSPS) is 26.9. The fourth-order valence-corrected chi connectivity index (χ4v) is 6.03. The average Bonchev–Trinajstić information content (AvgIpc) is 3.10. The SMILES string of the molecule is COc1ccccc1N1C(=O)[C@@H]2C3c4ccccc4C(OC=O)(c4ccccc43)[C@@H]2C1=O. The molecule has 2 atom stereocenters. The highest BCUT2D eigenvalue weighted by Crippen LogP contribution is 2.64. The molecule has 6 nitrogen and oxygen atoms in total. The van der Waals surface area contributed by atoms with E-state index in [4.69, 9.17) is 9.47 Å². The van der Waals surface area contributed by atoms with E-state index in [1.54, 1.807) is 24.3 Å². The predicted octanol–water partition coefficient (Wildman–Crippen LogP) is 3.38. The molecule has 4 aliphatic rings. The molecule has 1 fully saturated rings. The summed E-state index contributed by atoms with van der Waals surface area (Å²) in [5.74, 6) is -2.11. The van der Waals surface area contributed by atoms with Crippen LogP contribution in [0.2, 0.25) is 0 Å². The summed E-state index contributed by atoms with van der Waals surface area (Å²) < 4.78 is 11.3. The Hall–Kier alpha value is -3.93. The van der Waals surface area contributed by atoms with Crippen molar-refractivity contribution < 1.29 is 23.9 Å². The second-order valence-corrected chi connectivity index (χ2v) is 8.29. The number of imide groups is 1. The van der Waals surface area contributed by atoms with E-state index in [1.807, 2.05) is 48.5 Å². The molecule has 3 aliphatic carbocycles. The lowest BCUT2D eigenvalue weighted by atomic mass is 9.52. The van der Waals surface area contributed by atoms with E-state index >= 15 is 0 Å². The van der Waals surface area contributed by atoms with Gasteiger partial charge in [-0.05, 0) is 23.3 Å². The van der Waals surface area contributed by atoms with Crippen molar-refractivity contribution in [3.63, 3.8) is 0 Å². The maximum absolute atomic E-state index is 14.0. The predicted molar refractivity (Wildman–Crippen MR) is 115 cm³/mol. The van der Waals surface area contributed by atoms with Gasteiger partial charge < -0.3 is 9.47 Å². The molecular weight excluding hydrogens is 406 g/mol. The molecule has 0 unspecified atom stereocenters. The fraction of sp³-hybridized carbons (Fsp3) is 0.192. The van der Waals surface area contributed by atoms with Crippen LogP contribution >= 0.6 is 0 Å².